The lowest BCUT2D eigenvalue weighted by Gasteiger charge is -2.15. The Morgan fingerprint density at radius 2 is 2.33 bits per heavy atom. The maximum absolute atomic E-state index is 11.9. The molecule has 0 saturated heterocycles. The molecule has 1 aliphatic rings. The van der Waals surface area contributed by atoms with Crippen LogP contribution in [0.4, 0.5) is 5.13 Å². The van der Waals surface area contributed by atoms with Crippen LogP contribution in [0.3, 0.4) is 0 Å². The van der Waals surface area contributed by atoms with Crippen LogP contribution in [-0.4, -0.2) is 16.8 Å². The third-order valence-electron chi connectivity index (χ3n) is 2.78. The number of allylic oxidation sites excluding steroid dienone is 2. The van der Waals surface area contributed by atoms with E-state index in [0.717, 1.165) is 19.3 Å². The Morgan fingerprint density at radius 3 is 3.00 bits per heavy atom. The summed E-state index contributed by atoms with van der Waals surface area (Å²) in [6, 6.07) is 0. The largest absolute Gasteiger partial charge is 0.369 e. The van der Waals surface area contributed by atoms with Gasteiger partial charge in [-0.2, -0.15) is 0 Å². The Labute approximate surface area is 109 Å². The van der Waals surface area contributed by atoms with Gasteiger partial charge < -0.3 is 11.1 Å². The summed E-state index contributed by atoms with van der Waals surface area (Å²) in [5.74, 6) is -0.395. The maximum Gasteiger partial charge on any atom is 0.229 e. The number of amides is 2. The lowest BCUT2D eigenvalue weighted by molar-refractivity contribution is -0.120. The van der Waals surface area contributed by atoms with E-state index in [0.29, 0.717) is 10.8 Å². The van der Waals surface area contributed by atoms with Crippen LogP contribution in [0.5, 0.6) is 0 Å². The molecule has 1 heterocycles. The molecule has 0 unspecified atom stereocenters. The Hall–Kier alpha value is -1.69. The molecule has 1 aliphatic carbocycles. The molecule has 1 atom stereocenters. The second kappa shape index (κ2) is 5.77. The van der Waals surface area contributed by atoms with Crippen molar-refractivity contribution in [1.82, 2.24) is 4.98 Å². The number of hydrogen-bond acceptors (Lipinski definition) is 4. The second-order valence-electron chi connectivity index (χ2n) is 4.26. The van der Waals surface area contributed by atoms with Gasteiger partial charge in [0.2, 0.25) is 11.8 Å². The summed E-state index contributed by atoms with van der Waals surface area (Å²) in [6.07, 6.45) is 6.85. The molecular formula is C12H15N3O2S. The van der Waals surface area contributed by atoms with Crippen LogP contribution in [0.2, 0.25) is 0 Å². The van der Waals surface area contributed by atoms with E-state index in [-0.39, 0.29) is 18.2 Å². The molecule has 6 heteroatoms. The summed E-state index contributed by atoms with van der Waals surface area (Å²) in [5, 5.41) is 5.06. The molecule has 96 valence electrons. The van der Waals surface area contributed by atoms with Crippen LogP contribution in [0.15, 0.2) is 17.5 Å². The topological polar surface area (TPSA) is 85.1 Å². The number of carbonyl (C=O) groups is 2. The Morgan fingerprint density at radius 1 is 1.50 bits per heavy atom. The van der Waals surface area contributed by atoms with Crippen LogP contribution in [0.25, 0.3) is 0 Å². The van der Waals surface area contributed by atoms with Gasteiger partial charge in [0.15, 0.2) is 5.13 Å². The average molecular weight is 265 g/mol. The van der Waals surface area contributed by atoms with Crippen molar-refractivity contribution in [2.45, 2.75) is 25.7 Å². The van der Waals surface area contributed by atoms with Gasteiger partial charge in [-0.3, -0.25) is 9.59 Å². The molecule has 1 aromatic rings. The number of thiazole rings is 1. The SMILES string of the molecule is NC(=O)Cc1csc(NC(=O)[C@@H]2CC=CCC2)n1. The van der Waals surface area contributed by atoms with Crippen LogP contribution in [0, 0.1) is 5.92 Å². The average Bonchev–Trinajstić information content (AvgIpc) is 2.76. The zero-order chi connectivity index (χ0) is 13.0. The number of primary amides is 1. The van der Waals surface area contributed by atoms with Crippen LogP contribution < -0.4 is 11.1 Å². The highest BCUT2D eigenvalue weighted by atomic mass is 32.1. The predicted octanol–water partition coefficient (Wildman–Crippen LogP) is 1.47. The molecule has 1 aromatic heterocycles. The van der Waals surface area contributed by atoms with Gasteiger partial charge >= 0.3 is 0 Å². The number of aromatic nitrogens is 1. The number of hydrogen-bond donors (Lipinski definition) is 2. The lowest BCUT2D eigenvalue weighted by Crippen LogP contribution is -2.23. The van der Waals surface area contributed by atoms with E-state index in [1.165, 1.54) is 11.3 Å². The van der Waals surface area contributed by atoms with Gasteiger partial charge in [-0.1, -0.05) is 12.2 Å². The van der Waals surface area contributed by atoms with E-state index in [9.17, 15) is 9.59 Å². The highest BCUT2D eigenvalue weighted by molar-refractivity contribution is 7.13. The molecular weight excluding hydrogens is 250 g/mol. The smallest absolute Gasteiger partial charge is 0.229 e. The highest BCUT2D eigenvalue weighted by Gasteiger charge is 2.19. The summed E-state index contributed by atoms with van der Waals surface area (Å²) in [7, 11) is 0. The van der Waals surface area contributed by atoms with Gasteiger partial charge in [0, 0.05) is 11.3 Å². The van der Waals surface area contributed by atoms with E-state index in [1.807, 2.05) is 6.08 Å². The molecule has 2 amide bonds. The normalized spacial score (nSPS) is 18.6. The standard InChI is InChI=1S/C12H15N3O2S/c13-10(16)6-9-7-18-12(14-9)15-11(17)8-4-2-1-3-5-8/h1-2,7-8H,3-6H2,(H2,13,16)(H,14,15,17)/t8-/m1/s1. The lowest BCUT2D eigenvalue weighted by atomic mass is 9.94. The quantitative estimate of drug-likeness (QED) is 0.808. The van der Waals surface area contributed by atoms with Crippen molar-refractivity contribution in [1.29, 1.82) is 0 Å². The van der Waals surface area contributed by atoms with E-state index in [2.05, 4.69) is 16.4 Å². The fourth-order valence-corrected chi connectivity index (χ4v) is 2.58. The molecule has 0 radical (unpaired) electrons. The molecule has 18 heavy (non-hydrogen) atoms. The third kappa shape index (κ3) is 3.40. The van der Waals surface area contributed by atoms with Gasteiger partial charge in [-0.25, -0.2) is 4.98 Å². The first-order valence-corrected chi connectivity index (χ1v) is 6.71. The summed E-state index contributed by atoms with van der Waals surface area (Å²) in [4.78, 5) is 26.8. The molecule has 0 bridgehead atoms. The molecule has 3 N–H and O–H groups in total. The second-order valence-corrected chi connectivity index (χ2v) is 5.12. The van der Waals surface area contributed by atoms with Crippen LogP contribution in [-0.2, 0) is 16.0 Å². The van der Waals surface area contributed by atoms with Crippen LogP contribution >= 0.6 is 11.3 Å². The number of nitrogens with two attached hydrogens (primary N) is 1. The fraction of sp³-hybridized carbons (Fsp3) is 0.417. The van der Waals surface area contributed by atoms with Gasteiger partial charge in [-0.05, 0) is 19.3 Å². The zero-order valence-corrected chi connectivity index (χ0v) is 10.7. The third-order valence-corrected chi connectivity index (χ3v) is 3.58. The van der Waals surface area contributed by atoms with Crippen molar-refractivity contribution in [3.8, 4) is 0 Å². The minimum Gasteiger partial charge on any atom is -0.369 e. The number of nitrogens with one attached hydrogen (secondary N) is 1. The first-order valence-electron chi connectivity index (χ1n) is 5.83. The van der Waals surface area contributed by atoms with Gasteiger partial charge in [0.05, 0.1) is 12.1 Å². The minimum atomic E-state index is -0.421. The predicted molar refractivity (Wildman–Crippen MR) is 70.1 cm³/mol. The summed E-state index contributed by atoms with van der Waals surface area (Å²) >= 11 is 1.32. The van der Waals surface area contributed by atoms with E-state index in [4.69, 9.17) is 5.73 Å². The van der Waals surface area contributed by atoms with Gasteiger partial charge in [-0.15, -0.1) is 11.3 Å². The maximum atomic E-state index is 11.9. The van der Waals surface area contributed by atoms with E-state index >= 15 is 0 Å². The van der Waals surface area contributed by atoms with Crippen molar-refractivity contribution >= 4 is 28.3 Å². The molecule has 2 rings (SSSR count). The van der Waals surface area contributed by atoms with Gasteiger partial charge in [0.1, 0.15) is 0 Å². The molecule has 0 aliphatic heterocycles. The van der Waals surface area contributed by atoms with Crippen molar-refractivity contribution in [2.24, 2.45) is 11.7 Å². The number of carbonyl (C=O) groups excluding carboxylic acids is 2. The van der Waals surface area contributed by atoms with E-state index in [1.54, 1.807) is 5.38 Å². The summed E-state index contributed by atoms with van der Waals surface area (Å²) in [6.45, 7) is 0. The minimum absolute atomic E-state index is 0.000625. The number of anilines is 1. The van der Waals surface area contributed by atoms with Crippen LogP contribution in [0.1, 0.15) is 25.0 Å². The Kier molecular flexibility index (Phi) is 4.09. The van der Waals surface area contributed by atoms with Crippen molar-refractivity contribution in [3.05, 3.63) is 23.2 Å². The summed E-state index contributed by atoms with van der Waals surface area (Å²) < 4.78 is 0. The molecule has 0 saturated carbocycles. The molecule has 0 spiro atoms. The van der Waals surface area contributed by atoms with E-state index < -0.39 is 5.91 Å². The molecule has 5 nitrogen and oxygen atoms in total. The van der Waals surface area contributed by atoms with Crippen molar-refractivity contribution < 1.29 is 9.59 Å². The fourth-order valence-electron chi connectivity index (χ4n) is 1.86. The summed E-state index contributed by atoms with van der Waals surface area (Å²) in [5.41, 5.74) is 5.69. The first-order chi connectivity index (χ1) is 8.65. The zero-order valence-electron chi connectivity index (χ0n) is 9.89. The number of rotatable bonds is 4. The number of nitrogens with zero attached hydrogens (tertiary/aromatic N) is 1. The highest BCUT2D eigenvalue weighted by Crippen LogP contribution is 2.22. The first kappa shape index (κ1) is 12.8. The monoisotopic (exact) mass is 265 g/mol. The molecule has 0 aromatic carbocycles. The molecule has 0 fully saturated rings. The Bertz CT molecular complexity index is 481. The Balaban J connectivity index is 1.92. The van der Waals surface area contributed by atoms with Crippen molar-refractivity contribution in [3.63, 3.8) is 0 Å². The van der Waals surface area contributed by atoms with Crippen molar-refractivity contribution in [2.75, 3.05) is 5.32 Å². The van der Waals surface area contributed by atoms with Gasteiger partial charge in [0.25, 0.3) is 0 Å².